The summed E-state index contributed by atoms with van der Waals surface area (Å²) in [5, 5.41) is 18.6. The normalized spacial score (nSPS) is 16.8. The summed E-state index contributed by atoms with van der Waals surface area (Å²) in [7, 11) is 0. The molecule has 0 aliphatic heterocycles. The van der Waals surface area contributed by atoms with E-state index in [1.54, 1.807) is 0 Å². The number of hydrogen-bond donors (Lipinski definition) is 2. The average Bonchev–Trinajstić information content (AvgIpc) is 3.06. The highest BCUT2D eigenvalue weighted by Crippen LogP contribution is 2.49. The van der Waals surface area contributed by atoms with E-state index < -0.39 is 17.5 Å². The van der Waals surface area contributed by atoms with E-state index in [1.807, 2.05) is 0 Å². The number of phenols is 1. The lowest BCUT2D eigenvalue weighted by Crippen LogP contribution is -2.09. The minimum atomic E-state index is -0.933. The third-order valence-corrected chi connectivity index (χ3v) is 3.76. The number of aromatic hydroxyl groups is 1. The van der Waals surface area contributed by atoms with Crippen LogP contribution in [0.3, 0.4) is 0 Å². The van der Waals surface area contributed by atoms with Gasteiger partial charge in [-0.3, -0.25) is 4.79 Å². The van der Waals surface area contributed by atoms with Gasteiger partial charge < -0.3 is 10.2 Å². The molecule has 1 aromatic rings. The van der Waals surface area contributed by atoms with Crippen LogP contribution in [0.5, 0.6) is 5.75 Å². The first-order chi connectivity index (χ1) is 8.00. The number of aliphatic carboxylic acids is 1. The summed E-state index contributed by atoms with van der Waals surface area (Å²) in [4.78, 5) is 10.8. The third kappa shape index (κ3) is 2.60. The third-order valence-electron chi connectivity index (χ3n) is 3.07. The summed E-state index contributed by atoms with van der Waals surface area (Å²) >= 11 is 3.25. The molecule has 1 unspecified atom stereocenters. The lowest BCUT2D eigenvalue weighted by atomic mass is 9.90. The van der Waals surface area contributed by atoms with Gasteiger partial charge in [0, 0.05) is 16.0 Å². The number of carboxylic acids is 1. The number of hydrogen-bond acceptors (Lipinski definition) is 2. The maximum Gasteiger partial charge on any atom is 0.303 e. The van der Waals surface area contributed by atoms with Crippen LogP contribution in [0.4, 0.5) is 4.39 Å². The monoisotopic (exact) mass is 302 g/mol. The van der Waals surface area contributed by atoms with Gasteiger partial charge in [0.1, 0.15) is 0 Å². The van der Waals surface area contributed by atoms with E-state index in [4.69, 9.17) is 5.11 Å². The van der Waals surface area contributed by atoms with E-state index in [0.717, 1.165) is 18.9 Å². The van der Waals surface area contributed by atoms with Crippen LogP contribution < -0.4 is 0 Å². The molecule has 0 spiro atoms. The maximum atomic E-state index is 13.3. The minimum Gasteiger partial charge on any atom is -0.505 e. The SMILES string of the molecule is O=C(O)CC(c1c(Br)ccc(F)c1O)C1CC1. The van der Waals surface area contributed by atoms with Gasteiger partial charge in [0.05, 0.1) is 6.42 Å². The van der Waals surface area contributed by atoms with Crippen LogP contribution in [0.15, 0.2) is 16.6 Å². The van der Waals surface area contributed by atoms with Crippen molar-refractivity contribution in [2.45, 2.75) is 25.2 Å². The fourth-order valence-electron chi connectivity index (χ4n) is 2.10. The summed E-state index contributed by atoms with van der Waals surface area (Å²) in [5.74, 6) is -2.16. The predicted molar refractivity (Wildman–Crippen MR) is 63.5 cm³/mol. The van der Waals surface area contributed by atoms with Gasteiger partial charge in [0.25, 0.3) is 0 Å². The van der Waals surface area contributed by atoms with E-state index in [1.165, 1.54) is 6.07 Å². The number of carboxylic acid groups (broad SMARTS) is 1. The van der Waals surface area contributed by atoms with Crippen molar-refractivity contribution in [3.63, 3.8) is 0 Å². The molecule has 0 aromatic heterocycles. The number of rotatable bonds is 4. The van der Waals surface area contributed by atoms with Crippen molar-refractivity contribution in [3.8, 4) is 5.75 Å². The molecule has 3 nitrogen and oxygen atoms in total. The Morgan fingerprint density at radius 1 is 1.53 bits per heavy atom. The van der Waals surface area contributed by atoms with Crippen LogP contribution in [0.1, 0.15) is 30.7 Å². The van der Waals surface area contributed by atoms with Crippen LogP contribution >= 0.6 is 15.9 Å². The Kier molecular flexibility index (Phi) is 3.38. The van der Waals surface area contributed by atoms with Crippen molar-refractivity contribution in [1.29, 1.82) is 0 Å². The second-order valence-corrected chi connectivity index (χ2v) is 5.19. The van der Waals surface area contributed by atoms with Crippen molar-refractivity contribution >= 4 is 21.9 Å². The Balaban J connectivity index is 2.41. The van der Waals surface area contributed by atoms with E-state index in [2.05, 4.69) is 15.9 Å². The quantitative estimate of drug-likeness (QED) is 0.897. The molecule has 1 saturated carbocycles. The molecule has 0 heterocycles. The van der Waals surface area contributed by atoms with Gasteiger partial charge in [-0.05, 0) is 30.9 Å². The lowest BCUT2D eigenvalue weighted by molar-refractivity contribution is -0.137. The molecule has 1 aromatic carbocycles. The minimum absolute atomic E-state index is 0.0831. The highest BCUT2D eigenvalue weighted by molar-refractivity contribution is 9.10. The van der Waals surface area contributed by atoms with E-state index in [9.17, 15) is 14.3 Å². The first kappa shape index (κ1) is 12.4. The summed E-state index contributed by atoms with van der Waals surface area (Å²) in [6.45, 7) is 0. The highest BCUT2D eigenvalue weighted by atomic mass is 79.9. The van der Waals surface area contributed by atoms with Gasteiger partial charge in [-0.25, -0.2) is 4.39 Å². The maximum absolute atomic E-state index is 13.3. The molecule has 2 rings (SSSR count). The molecule has 17 heavy (non-hydrogen) atoms. The van der Waals surface area contributed by atoms with Crippen LogP contribution in [0.2, 0.25) is 0 Å². The molecule has 1 aliphatic carbocycles. The number of carbonyl (C=O) groups is 1. The number of benzene rings is 1. The standard InChI is InChI=1S/C12H12BrFO3/c13-8-3-4-9(14)12(17)11(8)7(5-10(15)16)6-1-2-6/h3-4,6-7,17H,1-2,5H2,(H,15,16). The fourth-order valence-corrected chi connectivity index (χ4v) is 2.71. The van der Waals surface area contributed by atoms with E-state index in [-0.39, 0.29) is 18.3 Å². The Hall–Kier alpha value is -1.10. The Morgan fingerprint density at radius 2 is 2.18 bits per heavy atom. The van der Waals surface area contributed by atoms with Crippen LogP contribution in [0, 0.1) is 11.7 Å². The summed E-state index contributed by atoms with van der Waals surface area (Å²) < 4.78 is 13.9. The molecule has 0 bridgehead atoms. The topological polar surface area (TPSA) is 57.5 Å². The largest absolute Gasteiger partial charge is 0.505 e. The lowest BCUT2D eigenvalue weighted by Gasteiger charge is -2.18. The van der Waals surface area contributed by atoms with Crippen LogP contribution in [0.25, 0.3) is 0 Å². The van der Waals surface area contributed by atoms with Crippen LogP contribution in [-0.4, -0.2) is 16.2 Å². The molecule has 0 amide bonds. The first-order valence-electron chi connectivity index (χ1n) is 5.39. The Morgan fingerprint density at radius 3 is 2.71 bits per heavy atom. The van der Waals surface area contributed by atoms with Gasteiger partial charge in [-0.2, -0.15) is 0 Å². The molecule has 5 heteroatoms. The molecule has 1 atom stereocenters. The van der Waals surface area contributed by atoms with E-state index >= 15 is 0 Å². The van der Waals surface area contributed by atoms with Gasteiger partial charge in [0.15, 0.2) is 11.6 Å². The zero-order valence-electron chi connectivity index (χ0n) is 8.99. The van der Waals surface area contributed by atoms with Gasteiger partial charge >= 0.3 is 5.97 Å². The molecule has 92 valence electrons. The molecule has 0 radical (unpaired) electrons. The van der Waals surface area contributed by atoms with Gasteiger partial charge in [-0.1, -0.05) is 15.9 Å². The Labute approximate surface area is 106 Å². The highest BCUT2D eigenvalue weighted by Gasteiger charge is 2.36. The smallest absolute Gasteiger partial charge is 0.303 e. The van der Waals surface area contributed by atoms with Crippen LogP contribution in [-0.2, 0) is 4.79 Å². The second kappa shape index (κ2) is 4.64. The van der Waals surface area contributed by atoms with Crippen molar-refractivity contribution in [2.24, 2.45) is 5.92 Å². The van der Waals surface area contributed by atoms with Crippen molar-refractivity contribution < 1.29 is 19.4 Å². The molecular weight excluding hydrogens is 291 g/mol. The summed E-state index contributed by atoms with van der Waals surface area (Å²) in [6, 6.07) is 2.66. The fraction of sp³-hybridized carbons (Fsp3) is 0.417. The van der Waals surface area contributed by atoms with Crippen molar-refractivity contribution in [3.05, 3.63) is 28.0 Å². The predicted octanol–water partition coefficient (Wildman–Crippen LogP) is 3.26. The molecule has 0 saturated heterocycles. The van der Waals surface area contributed by atoms with Gasteiger partial charge in [0.2, 0.25) is 0 Å². The van der Waals surface area contributed by atoms with Gasteiger partial charge in [-0.15, -0.1) is 0 Å². The molecule has 2 N–H and O–H groups in total. The average molecular weight is 303 g/mol. The second-order valence-electron chi connectivity index (χ2n) is 4.33. The Bertz CT molecular complexity index is 457. The molecule has 1 aliphatic rings. The van der Waals surface area contributed by atoms with Crippen molar-refractivity contribution in [1.82, 2.24) is 0 Å². The van der Waals surface area contributed by atoms with E-state index in [0.29, 0.717) is 10.0 Å². The number of phenolic OH excluding ortho intramolecular Hbond substituents is 1. The molecular formula is C12H12BrFO3. The zero-order valence-corrected chi connectivity index (χ0v) is 10.6. The summed E-state index contributed by atoms with van der Waals surface area (Å²) in [5.41, 5.74) is 0.384. The zero-order chi connectivity index (χ0) is 12.6. The molecule has 1 fully saturated rings. The number of halogens is 2. The first-order valence-corrected chi connectivity index (χ1v) is 6.18. The van der Waals surface area contributed by atoms with Crippen molar-refractivity contribution in [2.75, 3.05) is 0 Å². The summed E-state index contributed by atoms with van der Waals surface area (Å²) in [6.07, 6.45) is 1.78.